The van der Waals surface area contributed by atoms with E-state index in [1.54, 1.807) is 0 Å². The molecule has 5 heteroatoms. The summed E-state index contributed by atoms with van der Waals surface area (Å²) in [5.41, 5.74) is 5.04. The molecule has 0 fully saturated rings. The van der Waals surface area contributed by atoms with Gasteiger partial charge in [-0.15, -0.1) is 0 Å². The van der Waals surface area contributed by atoms with Crippen molar-refractivity contribution in [3.8, 4) is 0 Å². The topological polar surface area (TPSA) is 101 Å². The fourth-order valence-electron chi connectivity index (χ4n) is 0.526. The lowest BCUT2D eigenvalue weighted by Crippen LogP contribution is -2.06. The van der Waals surface area contributed by atoms with Gasteiger partial charge in [0.05, 0.1) is 5.57 Å². The third kappa shape index (κ3) is 3.40. The van der Waals surface area contributed by atoms with Crippen molar-refractivity contribution in [3.63, 3.8) is 0 Å². The van der Waals surface area contributed by atoms with Gasteiger partial charge in [0.15, 0.2) is 0 Å². The molecular weight excluding hydrogens is 162 g/mol. The fraction of sp³-hybridized carbons (Fsp3) is 0.143. The van der Waals surface area contributed by atoms with Crippen LogP contribution in [-0.4, -0.2) is 22.2 Å². The highest BCUT2D eigenvalue weighted by Crippen LogP contribution is 2.00. The van der Waals surface area contributed by atoms with E-state index in [0.29, 0.717) is 0 Å². The van der Waals surface area contributed by atoms with Gasteiger partial charge in [-0.25, -0.2) is 9.59 Å². The molecule has 0 radical (unpaired) electrons. The number of rotatable bonds is 3. The van der Waals surface area contributed by atoms with E-state index in [2.05, 4.69) is 0 Å². The van der Waals surface area contributed by atoms with E-state index in [1.165, 1.54) is 6.92 Å². The van der Waals surface area contributed by atoms with Crippen molar-refractivity contribution in [1.82, 2.24) is 0 Å². The molecule has 0 aromatic rings. The molecule has 0 aliphatic heterocycles. The van der Waals surface area contributed by atoms with Gasteiger partial charge in [0, 0.05) is 11.8 Å². The molecule has 0 spiro atoms. The van der Waals surface area contributed by atoms with E-state index in [-0.39, 0.29) is 11.3 Å². The third-order valence-corrected chi connectivity index (χ3v) is 1.05. The summed E-state index contributed by atoms with van der Waals surface area (Å²) in [5.74, 6) is -2.46. The number of hydrogen-bond donors (Lipinski definition) is 3. The lowest BCUT2D eigenvalue weighted by Gasteiger charge is -1.95. The number of carboxylic acids is 2. The second-order valence-corrected chi connectivity index (χ2v) is 2.07. The quantitative estimate of drug-likeness (QED) is 0.408. The smallest absolute Gasteiger partial charge is 0.337 e. The summed E-state index contributed by atoms with van der Waals surface area (Å²) in [4.78, 5) is 20.4. The van der Waals surface area contributed by atoms with Gasteiger partial charge in [-0.2, -0.15) is 0 Å². The molecule has 0 amide bonds. The molecule has 12 heavy (non-hydrogen) atoms. The summed E-state index contributed by atoms with van der Waals surface area (Å²) in [6.07, 6.45) is 1.67. The summed E-state index contributed by atoms with van der Waals surface area (Å²) >= 11 is 0. The lowest BCUT2D eigenvalue weighted by molar-refractivity contribution is -0.132. The van der Waals surface area contributed by atoms with Crippen molar-refractivity contribution in [2.24, 2.45) is 5.73 Å². The van der Waals surface area contributed by atoms with Crippen molar-refractivity contribution in [3.05, 3.63) is 23.4 Å². The zero-order valence-corrected chi connectivity index (χ0v) is 6.44. The Balaban J connectivity index is 4.70. The highest BCUT2D eigenvalue weighted by atomic mass is 16.4. The predicted octanol–water partition coefficient (Wildman–Crippen LogP) is -0.0555. The first kappa shape index (κ1) is 10.2. The van der Waals surface area contributed by atoms with Crippen LogP contribution in [-0.2, 0) is 9.59 Å². The maximum Gasteiger partial charge on any atom is 0.337 e. The molecule has 0 aliphatic rings. The number of hydrogen-bond acceptors (Lipinski definition) is 3. The SMILES string of the molecule is CC(N)=C(C=CC(=O)O)C(=O)O. The van der Waals surface area contributed by atoms with E-state index in [4.69, 9.17) is 15.9 Å². The summed E-state index contributed by atoms with van der Waals surface area (Å²) in [6.45, 7) is 1.38. The first-order valence-corrected chi connectivity index (χ1v) is 3.05. The largest absolute Gasteiger partial charge is 0.478 e. The van der Waals surface area contributed by atoms with Crippen LogP contribution in [0.15, 0.2) is 23.4 Å². The molecule has 5 nitrogen and oxygen atoms in total. The van der Waals surface area contributed by atoms with Crippen LogP contribution in [0.5, 0.6) is 0 Å². The van der Waals surface area contributed by atoms with Crippen LogP contribution in [0.4, 0.5) is 0 Å². The molecule has 0 bridgehead atoms. The Labute approximate surface area is 68.8 Å². The molecule has 0 atom stereocenters. The van der Waals surface area contributed by atoms with Gasteiger partial charge in [0.1, 0.15) is 0 Å². The van der Waals surface area contributed by atoms with Crippen molar-refractivity contribution < 1.29 is 19.8 Å². The molecule has 0 aromatic carbocycles. The van der Waals surface area contributed by atoms with Crippen LogP contribution < -0.4 is 5.73 Å². The number of aliphatic carboxylic acids is 2. The standard InChI is InChI=1S/C7H9NO4/c1-4(8)5(7(11)12)2-3-6(9)10/h2-3H,8H2,1H3,(H,9,10)(H,11,12). The summed E-state index contributed by atoms with van der Waals surface area (Å²) in [7, 11) is 0. The third-order valence-electron chi connectivity index (χ3n) is 1.05. The predicted molar refractivity (Wildman–Crippen MR) is 41.3 cm³/mol. The van der Waals surface area contributed by atoms with Gasteiger partial charge < -0.3 is 15.9 Å². The number of carbonyl (C=O) groups is 2. The highest BCUT2D eigenvalue weighted by Gasteiger charge is 2.05. The number of carboxylic acid groups (broad SMARTS) is 2. The zero-order chi connectivity index (χ0) is 9.72. The second-order valence-electron chi connectivity index (χ2n) is 2.07. The van der Waals surface area contributed by atoms with Crippen molar-refractivity contribution in [1.29, 1.82) is 0 Å². The minimum atomic E-state index is -1.24. The number of allylic oxidation sites excluding steroid dienone is 1. The maximum atomic E-state index is 10.4. The molecule has 0 aromatic heterocycles. The van der Waals surface area contributed by atoms with Gasteiger partial charge in [-0.3, -0.25) is 0 Å². The maximum absolute atomic E-state index is 10.4. The van der Waals surface area contributed by atoms with E-state index < -0.39 is 11.9 Å². The Morgan fingerprint density at radius 2 is 1.75 bits per heavy atom. The van der Waals surface area contributed by atoms with Crippen LogP contribution >= 0.6 is 0 Å². The first-order chi connectivity index (χ1) is 5.45. The Bertz CT molecular complexity index is 261. The van der Waals surface area contributed by atoms with Crippen LogP contribution in [0.3, 0.4) is 0 Å². The van der Waals surface area contributed by atoms with Crippen molar-refractivity contribution in [2.75, 3.05) is 0 Å². The molecule has 0 saturated carbocycles. The Morgan fingerprint density at radius 3 is 2.00 bits per heavy atom. The van der Waals surface area contributed by atoms with Gasteiger partial charge in [0.2, 0.25) is 0 Å². The van der Waals surface area contributed by atoms with Gasteiger partial charge in [-0.1, -0.05) is 0 Å². The molecule has 0 heterocycles. The molecule has 4 N–H and O–H groups in total. The summed E-state index contributed by atoms with van der Waals surface area (Å²) in [5, 5.41) is 16.7. The molecule has 0 saturated heterocycles. The average molecular weight is 171 g/mol. The first-order valence-electron chi connectivity index (χ1n) is 3.05. The van der Waals surface area contributed by atoms with Crippen LogP contribution in [0.25, 0.3) is 0 Å². The molecule has 0 rings (SSSR count). The van der Waals surface area contributed by atoms with E-state index in [0.717, 1.165) is 12.2 Å². The second kappa shape index (κ2) is 4.17. The highest BCUT2D eigenvalue weighted by molar-refractivity contribution is 5.92. The Morgan fingerprint density at radius 1 is 1.25 bits per heavy atom. The van der Waals surface area contributed by atoms with Crippen molar-refractivity contribution >= 4 is 11.9 Å². The van der Waals surface area contributed by atoms with E-state index in [9.17, 15) is 9.59 Å². The normalized spacial score (nSPS) is 12.8. The van der Waals surface area contributed by atoms with Crippen LogP contribution in [0.1, 0.15) is 6.92 Å². The van der Waals surface area contributed by atoms with Crippen molar-refractivity contribution in [2.45, 2.75) is 6.92 Å². The Hall–Kier alpha value is -1.78. The lowest BCUT2D eigenvalue weighted by atomic mass is 10.2. The fourth-order valence-corrected chi connectivity index (χ4v) is 0.526. The van der Waals surface area contributed by atoms with Crippen LogP contribution in [0.2, 0.25) is 0 Å². The van der Waals surface area contributed by atoms with Gasteiger partial charge >= 0.3 is 11.9 Å². The minimum absolute atomic E-state index is 0.0694. The Kier molecular flexibility index (Phi) is 3.55. The van der Waals surface area contributed by atoms with Gasteiger partial charge in [0.25, 0.3) is 0 Å². The van der Waals surface area contributed by atoms with E-state index >= 15 is 0 Å². The molecule has 0 unspecified atom stereocenters. The summed E-state index contributed by atoms with van der Waals surface area (Å²) < 4.78 is 0. The van der Waals surface area contributed by atoms with Crippen LogP contribution in [0, 0.1) is 0 Å². The van der Waals surface area contributed by atoms with E-state index in [1.807, 2.05) is 0 Å². The zero-order valence-electron chi connectivity index (χ0n) is 6.44. The number of nitrogens with two attached hydrogens (primary N) is 1. The minimum Gasteiger partial charge on any atom is -0.478 e. The molecular formula is C7H9NO4. The molecule has 66 valence electrons. The summed E-state index contributed by atoms with van der Waals surface area (Å²) in [6, 6.07) is 0. The average Bonchev–Trinajstić information content (AvgIpc) is 1.84. The monoisotopic (exact) mass is 171 g/mol. The molecule has 0 aliphatic carbocycles. The van der Waals surface area contributed by atoms with Gasteiger partial charge in [-0.05, 0) is 13.0 Å².